The molecule has 1 aliphatic rings. The fourth-order valence-electron chi connectivity index (χ4n) is 3.09. The highest BCUT2D eigenvalue weighted by Gasteiger charge is 2.27. The number of carbonyl (C=O) groups is 1. The van der Waals surface area contributed by atoms with E-state index in [-0.39, 0.29) is 22.5 Å². The number of aromatic nitrogens is 3. The summed E-state index contributed by atoms with van der Waals surface area (Å²) in [6.45, 7) is 5.17. The highest BCUT2D eigenvalue weighted by molar-refractivity contribution is 7.99. The maximum absolute atomic E-state index is 12.7. The minimum Gasteiger partial charge on any atom is -0.325 e. The molecule has 0 saturated carbocycles. The average Bonchev–Trinajstić information content (AvgIpc) is 3.30. The van der Waals surface area contributed by atoms with Crippen molar-refractivity contribution in [3.63, 3.8) is 0 Å². The van der Waals surface area contributed by atoms with E-state index in [1.165, 1.54) is 22.1 Å². The Hall–Kier alpha value is -1.91. The summed E-state index contributed by atoms with van der Waals surface area (Å²) in [6, 6.07) is 6.40. The van der Waals surface area contributed by atoms with Crippen molar-refractivity contribution in [2.24, 2.45) is 7.05 Å². The minimum atomic E-state index is -3.51. The van der Waals surface area contributed by atoms with Gasteiger partial charge in [0.15, 0.2) is 5.16 Å². The molecular formula is C18H25N5O3S2. The third kappa shape index (κ3) is 4.56. The second kappa shape index (κ2) is 8.62. The molecular weight excluding hydrogens is 398 g/mol. The van der Waals surface area contributed by atoms with Crippen LogP contribution in [-0.4, -0.2) is 52.2 Å². The molecule has 1 aromatic heterocycles. The number of hydrogen-bond donors (Lipinski definition) is 1. The van der Waals surface area contributed by atoms with Crippen molar-refractivity contribution in [2.45, 2.75) is 42.7 Å². The molecule has 3 rings (SSSR count). The maximum atomic E-state index is 12.7. The zero-order chi connectivity index (χ0) is 20.3. The number of rotatable bonds is 7. The van der Waals surface area contributed by atoms with Crippen LogP contribution in [0, 0.1) is 0 Å². The predicted molar refractivity (Wildman–Crippen MR) is 109 cm³/mol. The quantitative estimate of drug-likeness (QED) is 0.687. The second-order valence-electron chi connectivity index (χ2n) is 7.03. The summed E-state index contributed by atoms with van der Waals surface area (Å²) < 4.78 is 28.7. The fourth-order valence-corrected chi connectivity index (χ4v) is 5.38. The standard InChI is InChI=1S/C18H25N5O3S2/c1-13(2)17-20-21-18(22(17)3)27-12-16(24)19-14-7-6-8-15(11-14)28(25,26)23-9-4-5-10-23/h6-8,11,13H,4-5,9-10,12H2,1-3H3,(H,19,24). The first kappa shape index (κ1) is 20.8. The molecule has 1 saturated heterocycles. The summed E-state index contributed by atoms with van der Waals surface area (Å²) in [5.74, 6) is 1.05. The van der Waals surface area contributed by atoms with Gasteiger partial charge in [0.1, 0.15) is 5.82 Å². The lowest BCUT2D eigenvalue weighted by Gasteiger charge is -2.16. The number of nitrogens with one attached hydrogen (secondary N) is 1. The van der Waals surface area contributed by atoms with Crippen molar-refractivity contribution >= 4 is 33.4 Å². The van der Waals surface area contributed by atoms with Gasteiger partial charge in [-0.2, -0.15) is 4.31 Å². The lowest BCUT2D eigenvalue weighted by molar-refractivity contribution is -0.113. The predicted octanol–water partition coefficient (Wildman–Crippen LogP) is 2.45. The molecule has 1 aliphatic heterocycles. The van der Waals surface area contributed by atoms with Gasteiger partial charge in [-0.25, -0.2) is 8.42 Å². The van der Waals surface area contributed by atoms with E-state index in [1.54, 1.807) is 18.2 Å². The Labute approximate surface area is 169 Å². The second-order valence-corrected chi connectivity index (χ2v) is 9.91. The average molecular weight is 424 g/mol. The van der Waals surface area contributed by atoms with Gasteiger partial charge < -0.3 is 9.88 Å². The zero-order valence-corrected chi connectivity index (χ0v) is 17.9. The molecule has 28 heavy (non-hydrogen) atoms. The van der Waals surface area contributed by atoms with Crippen molar-refractivity contribution in [2.75, 3.05) is 24.2 Å². The molecule has 152 valence electrons. The van der Waals surface area contributed by atoms with Crippen LogP contribution in [0.5, 0.6) is 0 Å². The Bertz CT molecular complexity index is 950. The first-order valence-corrected chi connectivity index (χ1v) is 11.6. The molecule has 1 amide bonds. The van der Waals surface area contributed by atoms with Crippen molar-refractivity contribution < 1.29 is 13.2 Å². The zero-order valence-electron chi connectivity index (χ0n) is 16.3. The maximum Gasteiger partial charge on any atom is 0.243 e. The highest BCUT2D eigenvalue weighted by atomic mass is 32.2. The Morgan fingerprint density at radius 2 is 1.96 bits per heavy atom. The monoisotopic (exact) mass is 423 g/mol. The molecule has 0 atom stereocenters. The minimum absolute atomic E-state index is 0.160. The summed E-state index contributed by atoms with van der Waals surface area (Å²) in [4.78, 5) is 12.5. The van der Waals surface area contributed by atoms with Gasteiger partial charge in [0.05, 0.1) is 10.6 Å². The normalized spacial score (nSPS) is 15.3. The largest absolute Gasteiger partial charge is 0.325 e. The van der Waals surface area contributed by atoms with E-state index in [2.05, 4.69) is 15.5 Å². The molecule has 10 heteroatoms. The van der Waals surface area contributed by atoms with Crippen molar-refractivity contribution in [3.8, 4) is 0 Å². The van der Waals surface area contributed by atoms with Crippen LogP contribution in [0.25, 0.3) is 0 Å². The summed E-state index contributed by atoms with van der Waals surface area (Å²) >= 11 is 1.29. The van der Waals surface area contributed by atoms with Crippen LogP contribution in [-0.2, 0) is 21.9 Å². The summed E-state index contributed by atoms with van der Waals surface area (Å²) in [5, 5.41) is 11.7. The van der Waals surface area contributed by atoms with Gasteiger partial charge in [0, 0.05) is 31.7 Å². The molecule has 0 spiro atoms. The van der Waals surface area contributed by atoms with Gasteiger partial charge in [-0.3, -0.25) is 4.79 Å². The first-order chi connectivity index (χ1) is 13.3. The molecule has 8 nitrogen and oxygen atoms in total. The summed E-state index contributed by atoms with van der Waals surface area (Å²) in [6.07, 6.45) is 1.76. The molecule has 2 aromatic rings. The van der Waals surface area contributed by atoms with Crippen LogP contribution in [0.2, 0.25) is 0 Å². The Morgan fingerprint density at radius 3 is 2.61 bits per heavy atom. The van der Waals surface area contributed by atoms with Gasteiger partial charge in [0.2, 0.25) is 15.9 Å². The number of benzene rings is 1. The fraction of sp³-hybridized carbons (Fsp3) is 0.500. The topological polar surface area (TPSA) is 97.2 Å². The van der Waals surface area contributed by atoms with Crippen LogP contribution < -0.4 is 5.32 Å². The molecule has 0 unspecified atom stereocenters. The van der Waals surface area contributed by atoms with E-state index in [1.807, 2.05) is 25.5 Å². The highest BCUT2D eigenvalue weighted by Crippen LogP contribution is 2.24. The Morgan fingerprint density at radius 1 is 1.25 bits per heavy atom. The van der Waals surface area contributed by atoms with E-state index < -0.39 is 10.0 Å². The molecule has 0 bridgehead atoms. The lowest BCUT2D eigenvalue weighted by atomic mass is 10.2. The van der Waals surface area contributed by atoms with Crippen LogP contribution >= 0.6 is 11.8 Å². The van der Waals surface area contributed by atoms with Gasteiger partial charge in [0.25, 0.3) is 0 Å². The van der Waals surface area contributed by atoms with Gasteiger partial charge in [-0.15, -0.1) is 10.2 Å². The number of hydrogen-bond acceptors (Lipinski definition) is 6. The van der Waals surface area contributed by atoms with Gasteiger partial charge >= 0.3 is 0 Å². The van der Waals surface area contributed by atoms with Crippen LogP contribution in [0.4, 0.5) is 5.69 Å². The molecule has 0 radical (unpaired) electrons. The van der Waals surface area contributed by atoms with E-state index in [4.69, 9.17) is 0 Å². The van der Waals surface area contributed by atoms with Crippen LogP contribution in [0.1, 0.15) is 38.4 Å². The Kier molecular flexibility index (Phi) is 6.41. The number of carbonyl (C=O) groups excluding carboxylic acids is 1. The van der Waals surface area contributed by atoms with Crippen molar-refractivity contribution in [3.05, 3.63) is 30.1 Å². The van der Waals surface area contributed by atoms with Crippen LogP contribution in [0.15, 0.2) is 34.3 Å². The SMILES string of the molecule is CC(C)c1nnc(SCC(=O)Nc2cccc(S(=O)(=O)N3CCCC3)c2)n1C. The number of sulfonamides is 1. The number of amides is 1. The smallest absolute Gasteiger partial charge is 0.243 e. The molecule has 1 aromatic carbocycles. The number of anilines is 1. The van der Waals surface area contributed by atoms with Crippen LogP contribution in [0.3, 0.4) is 0 Å². The van der Waals surface area contributed by atoms with E-state index >= 15 is 0 Å². The van der Waals surface area contributed by atoms with E-state index in [0.717, 1.165) is 18.7 Å². The number of nitrogens with zero attached hydrogens (tertiary/aromatic N) is 4. The lowest BCUT2D eigenvalue weighted by Crippen LogP contribution is -2.28. The van der Waals surface area contributed by atoms with Gasteiger partial charge in [-0.05, 0) is 31.0 Å². The van der Waals surface area contributed by atoms with Gasteiger partial charge in [-0.1, -0.05) is 31.7 Å². The van der Waals surface area contributed by atoms with E-state index in [9.17, 15) is 13.2 Å². The third-order valence-corrected chi connectivity index (χ3v) is 7.45. The van der Waals surface area contributed by atoms with Crippen molar-refractivity contribution in [1.82, 2.24) is 19.1 Å². The first-order valence-electron chi connectivity index (χ1n) is 9.21. The summed E-state index contributed by atoms with van der Waals surface area (Å²) in [7, 11) is -1.63. The number of thioether (sulfide) groups is 1. The van der Waals surface area contributed by atoms with Crippen molar-refractivity contribution in [1.29, 1.82) is 0 Å². The molecule has 2 heterocycles. The van der Waals surface area contributed by atoms with E-state index in [0.29, 0.717) is 23.9 Å². The molecule has 1 N–H and O–H groups in total. The Balaban J connectivity index is 1.63. The third-order valence-electron chi connectivity index (χ3n) is 4.54. The summed E-state index contributed by atoms with van der Waals surface area (Å²) in [5.41, 5.74) is 0.465. The molecule has 0 aliphatic carbocycles. The molecule has 1 fully saturated rings.